The maximum atomic E-state index is 12.3. The molecule has 27 heavy (non-hydrogen) atoms. The minimum atomic E-state index is -0.167. The molecule has 0 spiro atoms. The molecule has 0 radical (unpaired) electrons. The fourth-order valence-electron chi connectivity index (χ4n) is 2.66. The molecule has 1 amide bonds. The number of carbonyl (C=O) groups is 1. The van der Waals surface area contributed by atoms with Crippen LogP contribution in [0.15, 0.2) is 54.2 Å². The van der Waals surface area contributed by atoms with Crippen LogP contribution in [0.4, 0.5) is 5.13 Å². The van der Waals surface area contributed by atoms with Crippen molar-refractivity contribution in [3.05, 3.63) is 64.9 Å². The van der Waals surface area contributed by atoms with Crippen molar-refractivity contribution < 1.29 is 9.53 Å². The molecule has 136 valence electrons. The van der Waals surface area contributed by atoms with Crippen molar-refractivity contribution in [1.82, 2.24) is 14.4 Å². The number of pyridine rings is 1. The summed E-state index contributed by atoms with van der Waals surface area (Å²) < 4.78 is 6.96. The predicted molar refractivity (Wildman–Crippen MR) is 107 cm³/mol. The Bertz CT molecular complexity index is 1100. The number of methoxy groups -OCH3 is 1. The number of fused-ring (bicyclic) bond motifs is 1. The largest absolute Gasteiger partial charge is 0.497 e. The Morgan fingerprint density at radius 2 is 2.00 bits per heavy atom. The zero-order valence-corrected chi connectivity index (χ0v) is 15.9. The smallest absolute Gasteiger partial charge is 0.232 e. The van der Waals surface area contributed by atoms with E-state index in [0.717, 1.165) is 22.7 Å². The lowest BCUT2D eigenvalue weighted by atomic mass is 10.2. The van der Waals surface area contributed by atoms with Crippen LogP contribution in [-0.4, -0.2) is 27.4 Å². The van der Waals surface area contributed by atoms with Gasteiger partial charge in [-0.3, -0.25) is 4.79 Å². The fraction of sp³-hybridized carbons (Fsp3) is 0.105. The van der Waals surface area contributed by atoms with Crippen LogP contribution in [0.3, 0.4) is 0 Å². The van der Waals surface area contributed by atoms with E-state index in [2.05, 4.69) is 15.3 Å². The predicted octanol–water partition coefficient (Wildman–Crippen LogP) is 4.30. The second kappa shape index (κ2) is 7.38. The molecule has 0 aliphatic rings. The summed E-state index contributed by atoms with van der Waals surface area (Å²) in [5, 5.41) is 5.90. The highest BCUT2D eigenvalue weighted by molar-refractivity contribution is 7.14. The lowest BCUT2D eigenvalue weighted by Crippen LogP contribution is -2.14. The van der Waals surface area contributed by atoms with Gasteiger partial charge in [-0.1, -0.05) is 11.6 Å². The molecule has 1 N–H and O–H groups in total. The number of ether oxygens (including phenoxy) is 1. The third-order valence-electron chi connectivity index (χ3n) is 3.94. The molecule has 0 aliphatic carbocycles. The van der Waals surface area contributed by atoms with Crippen LogP contribution in [0.25, 0.3) is 16.9 Å². The minimum Gasteiger partial charge on any atom is -0.497 e. The number of hydrogen-bond acceptors (Lipinski definition) is 5. The van der Waals surface area contributed by atoms with Crippen LogP contribution >= 0.6 is 22.9 Å². The maximum Gasteiger partial charge on any atom is 0.232 e. The molecule has 0 saturated carbocycles. The first-order valence-corrected chi connectivity index (χ1v) is 9.39. The van der Waals surface area contributed by atoms with E-state index in [1.807, 2.05) is 35.7 Å². The first-order valence-electron chi connectivity index (χ1n) is 8.13. The van der Waals surface area contributed by atoms with Crippen LogP contribution in [0, 0.1) is 0 Å². The SMILES string of the molecule is COc1ccc(-c2csc(NC(=O)Cc3cn4cc(Cl)ccc4n3)n2)cc1. The fourth-order valence-corrected chi connectivity index (χ4v) is 3.56. The summed E-state index contributed by atoms with van der Waals surface area (Å²) in [7, 11) is 1.63. The summed E-state index contributed by atoms with van der Waals surface area (Å²) in [4.78, 5) is 21.2. The van der Waals surface area contributed by atoms with Crippen LogP contribution in [0.5, 0.6) is 5.75 Å². The van der Waals surface area contributed by atoms with Gasteiger partial charge in [-0.25, -0.2) is 9.97 Å². The normalized spacial score (nSPS) is 10.9. The number of halogens is 1. The van der Waals surface area contributed by atoms with Gasteiger partial charge < -0.3 is 14.5 Å². The molecule has 0 unspecified atom stereocenters. The number of hydrogen-bond donors (Lipinski definition) is 1. The minimum absolute atomic E-state index is 0.163. The second-order valence-electron chi connectivity index (χ2n) is 5.84. The van der Waals surface area contributed by atoms with Gasteiger partial charge in [-0.2, -0.15) is 0 Å². The Labute approximate surface area is 164 Å². The van der Waals surface area contributed by atoms with E-state index < -0.39 is 0 Å². The van der Waals surface area contributed by atoms with Crippen molar-refractivity contribution in [2.75, 3.05) is 12.4 Å². The van der Waals surface area contributed by atoms with Crippen molar-refractivity contribution >= 4 is 39.6 Å². The van der Waals surface area contributed by atoms with Gasteiger partial charge in [0.25, 0.3) is 0 Å². The number of rotatable bonds is 5. The quantitative estimate of drug-likeness (QED) is 0.544. The lowest BCUT2D eigenvalue weighted by molar-refractivity contribution is -0.115. The summed E-state index contributed by atoms with van der Waals surface area (Å²) in [5.74, 6) is 0.622. The van der Waals surface area contributed by atoms with Crippen molar-refractivity contribution in [1.29, 1.82) is 0 Å². The highest BCUT2D eigenvalue weighted by atomic mass is 35.5. The summed E-state index contributed by atoms with van der Waals surface area (Å²) in [6, 6.07) is 11.2. The molecule has 3 aromatic heterocycles. The number of nitrogens with one attached hydrogen (secondary N) is 1. The standard InChI is InChI=1S/C19H15ClN4O2S/c1-26-15-5-2-12(3-6-15)16-11-27-19(22-16)23-18(25)8-14-10-24-9-13(20)4-7-17(24)21-14/h2-7,9-11H,8H2,1H3,(H,22,23,25). The number of anilines is 1. The number of imidazole rings is 1. The molecule has 4 rings (SSSR count). The van der Waals surface area contributed by atoms with Gasteiger partial charge in [0.2, 0.25) is 5.91 Å². The average molecular weight is 399 g/mol. The van der Waals surface area contributed by atoms with E-state index >= 15 is 0 Å². The van der Waals surface area contributed by atoms with E-state index in [9.17, 15) is 4.79 Å². The molecular weight excluding hydrogens is 384 g/mol. The third-order valence-corrected chi connectivity index (χ3v) is 4.92. The lowest BCUT2D eigenvalue weighted by Gasteiger charge is -2.01. The highest BCUT2D eigenvalue weighted by Crippen LogP contribution is 2.26. The Balaban J connectivity index is 1.43. The Hall–Kier alpha value is -2.90. The van der Waals surface area contributed by atoms with E-state index in [0.29, 0.717) is 15.8 Å². The molecule has 4 aromatic rings. The van der Waals surface area contributed by atoms with Gasteiger partial charge in [0.15, 0.2) is 5.13 Å². The summed E-state index contributed by atoms with van der Waals surface area (Å²) in [5.41, 5.74) is 3.19. The number of carbonyl (C=O) groups excluding carboxylic acids is 1. The zero-order chi connectivity index (χ0) is 18.8. The molecule has 0 fully saturated rings. The number of aromatic nitrogens is 3. The van der Waals surface area contributed by atoms with E-state index in [-0.39, 0.29) is 12.3 Å². The first kappa shape index (κ1) is 17.5. The van der Waals surface area contributed by atoms with Crippen LogP contribution < -0.4 is 10.1 Å². The first-order chi connectivity index (χ1) is 13.1. The average Bonchev–Trinajstić information content (AvgIpc) is 3.27. The number of amides is 1. The molecule has 0 bridgehead atoms. The van der Waals surface area contributed by atoms with E-state index in [4.69, 9.17) is 16.3 Å². The van der Waals surface area contributed by atoms with Gasteiger partial charge in [-0.15, -0.1) is 11.3 Å². The third kappa shape index (κ3) is 3.94. The highest BCUT2D eigenvalue weighted by Gasteiger charge is 2.11. The van der Waals surface area contributed by atoms with Crippen LogP contribution in [0.2, 0.25) is 5.02 Å². The number of nitrogens with zero attached hydrogens (tertiary/aromatic N) is 3. The van der Waals surface area contributed by atoms with Crippen LogP contribution in [-0.2, 0) is 11.2 Å². The van der Waals surface area contributed by atoms with Gasteiger partial charge in [0.1, 0.15) is 11.4 Å². The van der Waals surface area contributed by atoms with Gasteiger partial charge in [-0.05, 0) is 36.4 Å². The van der Waals surface area contributed by atoms with Gasteiger partial charge >= 0.3 is 0 Å². The number of benzene rings is 1. The maximum absolute atomic E-state index is 12.3. The topological polar surface area (TPSA) is 68.5 Å². The Morgan fingerprint density at radius 1 is 1.19 bits per heavy atom. The molecular formula is C19H15ClN4O2S. The van der Waals surface area contributed by atoms with E-state index in [1.165, 1.54) is 11.3 Å². The monoisotopic (exact) mass is 398 g/mol. The molecule has 0 atom stereocenters. The second-order valence-corrected chi connectivity index (χ2v) is 7.13. The van der Waals surface area contributed by atoms with Crippen molar-refractivity contribution in [2.24, 2.45) is 0 Å². The van der Waals surface area contributed by atoms with Crippen molar-refractivity contribution in [3.8, 4) is 17.0 Å². The van der Waals surface area contributed by atoms with Crippen LogP contribution in [0.1, 0.15) is 5.69 Å². The molecule has 3 heterocycles. The van der Waals surface area contributed by atoms with Crippen molar-refractivity contribution in [2.45, 2.75) is 6.42 Å². The van der Waals surface area contributed by atoms with Gasteiger partial charge in [0.05, 0.1) is 29.9 Å². The zero-order valence-electron chi connectivity index (χ0n) is 14.3. The molecule has 0 saturated heterocycles. The summed E-state index contributed by atoms with van der Waals surface area (Å²) >= 11 is 7.35. The molecule has 6 nitrogen and oxygen atoms in total. The van der Waals surface area contributed by atoms with Crippen molar-refractivity contribution in [3.63, 3.8) is 0 Å². The molecule has 1 aromatic carbocycles. The Kier molecular flexibility index (Phi) is 4.79. The van der Waals surface area contributed by atoms with E-state index in [1.54, 1.807) is 30.0 Å². The molecule has 8 heteroatoms. The molecule has 0 aliphatic heterocycles. The summed E-state index contributed by atoms with van der Waals surface area (Å²) in [6.45, 7) is 0. The number of thiazole rings is 1. The Morgan fingerprint density at radius 3 is 2.78 bits per heavy atom. The summed E-state index contributed by atoms with van der Waals surface area (Å²) in [6.07, 6.45) is 3.72. The van der Waals surface area contributed by atoms with Gasteiger partial charge in [0, 0.05) is 23.3 Å².